The third-order valence-corrected chi connectivity index (χ3v) is 5.85. The molecular formula is C20H22O3. The number of Topliss-reactive ketones (excluding diaryl/α,β-unsaturated/α-hetero) is 2. The van der Waals surface area contributed by atoms with Crippen molar-refractivity contribution in [3.8, 4) is 0 Å². The van der Waals surface area contributed by atoms with E-state index >= 15 is 0 Å². The van der Waals surface area contributed by atoms with Crippen LogP contribution in [0.25, 0.3) is 0 Å². The first-order chi connectivity index (χ1) is 10.9. The lowest BCUT2D eigenvalue weighted by molar-refractivity contribution is -0.0694. The fourth-order valence-corrected chi connectivity index (χ4v) is 4.68. The number of carbonyl (C=O) groups is 2. The molecule has 0 amide bonds. The quantitative estimate of drug-likeness (QED) is 0.722. The van der Waals surface area contributed by atoms with Gasteiger partial charge in [0.15, 0.2) is 11.5 Å². The molecule has 0 saturated heterocycles. The summed E-state index contributed by atoms with van der Waals surface area (Å²) in [4.78, 5) is 26.0. The Labute approximate surface area is 136 Å². The number of ether oxygens (including phenoxy) is 1. The van der Waals surface area contributed by atoms with E-state index in [0.717, 1.165) is 19.3 Å². The van der Waals surface area contributed by atoms with Crippen molar-refractivity contribution in [2.75, 3.05) is 0 Å². The summed E-state index contributed by atoms with van der Waals surface area (Å²) in [5.41, 5.74) is 1.27. The Hall–Kier alpha value is -1.90. The Balaban J connectivity index is 1.90. The van der Waals surface area contributed by atoms with Crippen molar-refractivity contribution < 1.29 is 14.3 Å². The number of ketones is 2. The van der Waals surface area contributed by atoms with Gasteiger partial charge in [0.2, 0.25) is 5.78 Å². The summed E-state index contributed by atoms with van der Waals surface area (Å²) in [6.45, 7) is 6.35. The Kier molecular flexibility index (Phi) is 3.06. The van der Waals surface area contributed by atoms with Gasteiger partial charge < -0.3 is 4.74 Å². The number of carbonyl (C=O) groups excluding carboxylic acids is 2. The summed E-state index contributed by atoms with van der Waals surface area (Å²) >= 11 is 0. The molecule has 3 nitrogen and oxygen atoms in total. The van der Waals surface area contributed by atoms with Gasteiger partial charge in [-0.25, -0.2) is 0 Å². The molecule has 1 aromatic carbocycles. The molecule has 3 atom stereocenters. The lowest BCUT2D eigenvalue weighted by Crippen LogP contribution is -2.49. The molecule has 3 aliphatic rings. The van der Waals surface area contributed by atoms with Crippen LogP contribution in [-0.2, 0) is 4.74 Å². The summed E-state index contributed by atoms with van der Waals surface area (Å²) in [6, 6.07) is 7.12. The van der Waals surface area contributed by atoms with Crippen LogP contribution in [0.5, 0.6) is 0 Å². The van der Waals surface area contributed by atoms with Crippen molar-refractivity contribution in [2.24, 2.45) is 17.8 Å². The van der Waals surface area contributed by atoms with Gasteiger partial charge in [-0.1, -0.05) is 37.6 Å². The first kappa shape index (κ1) is 14.7. The topological polar surface area (TPSA) is 43.4 Å². The molecule has 0 unspecified atom stereocenters. The van der Waals surface area contributed by atoms with Gasteiger partial charge in [-0.2, -0.15) is 0 Å². The maximum Gasteiger partial charge on any atom is 0.228 e. The van der Waals surface area contributed by atoms with Crippen LogP contribution in [-0.4, -0.2) is 17.2 Å². The largest absolute Gasteiger partial charge is 0.483 e. The molecule has 0 spiro atoms. The number of benzene rings is 1. The maximum atomic E-state index is 13.1. The van der Waals surface area contributed by atoms with Gasteiger partial charge in [0, 0.05) is 22.6 Å². The molecule has 1 saturated carbocycles. The lowest BCUT2D eigenvalue weighted by atomic mass is 9.62. The van der Waals surface area contributed by atoms with Crippen molar-refractivity contribution in [3.63, 3.8) is 0 Å². The van der Waals surface area contributed by atoms with E-state index in [1.165, 1.54) is 0 Å². The first-order valence-corrected chi connectivity index (χ1v) is 8.51. The average molecular weight is 310 g/mol. The van der Waals surface area contributed by atoms with Crippen LogP contribution in [0.4, 0.5) is 0 Å². The average Bonchev–Trinajstić information content (AvgIpc) is 2.51. The van der Waals surface area contributed by atoms with Gasteiger partial charge in [-0.05, 0) is 38.5 Å². The first-order valence-electron chi connectivity index (χ1n) is 8.51. The minimum Gasteiger partial charge on any atom is -0.483 e. The fourth-order valence-electron chi connectivity index (χ4n) is 4.68. The summed E-state index contributed by atoms with van der Waals surface area (Å²) in [7, 11) is 0. The van der Waals surface area contributed by atoms with Crippen molar-refractivity contribution in [1.29, 1.82) is 0 Å². The standard InChI is InChI=1S/C20H22O3/c1-11-8-9-15-14(10-11)16-17(21)12-6-4-5-7-13(12)18(22)19(16)23-20(15,2)3/h4-7,11,14-15H,8-10H2,1-3H3/t11-,14-,15-/m1/s1. The summed E-state index contributed by atoms with van der Waals surface area (Å²) in [6.07, 6.45) is 3.19. The molecule has 1 fully saturated rings. The van der Waals surface area contributed by atoms with Gasteiger partial charge in [0.05, 0.1) is 0 Å². The minimum absolute atomic E-state index is 0.00481. The monoisotopic (exact) mass is 310 g/mol. The van der Waals surface area contributed by atoms with Crippen LogP contribution in [0.2, 0.25) is 0 Å². The minimum atomic E-state index is -0.397. The van der Waals surface area contributed by atoms with Gasteiger partial charge in [-0.3, -0.25) is 9.59 Å². The Morgan fingerprint density at radius 2 is 1.70 bits per heavy atom. The molecule has 23 heavy (non-hydrogen) atoms. The number of fused-ring (bicyclic) bond motifs is 3. The third kappa shape index (κ3) is 2.02. The Morgan fingerprint density at radius 3 is 2.39 bits per heavy atom. The molecule has 0 aromatic heterocycles. The smallest absolute Gasteiger partial charge is 0.228 e. The predicted molar refractivity (Wildman–Crippen MR) is 87.3 cm³/mol. The van der Waals surface area contributed by atoms with E-state index in [2.05, 4.69) is 20.8 Å². The fraction of sp³-hybridized carbons (Fsp3) is 0.500. The number of hydrogen-bond acceptors (Lipinski definition) is 3. The van der Waals surface area contributed by atoms with Crippen LogP contribution >= 0.6 is 0 Å². The van der Waals surface area contributed by atoms with Crippen LogP contribution in [0, 0.1) is 17.8 Å². The van der Waals surface area contributed by atoms with Gasteiger partial charge in [0.1, 0.15) is 5.60 Å². The number of hydrogen-bond donors (Lipinski definition) is 0. The van der Waals surface area contributed by atoms with Crippen molar-refractivity contribution in [1.82, 2.24) is 0 Å². The second-order valence-electron chi connectivity index (χ2n) is 7.78. The van der Waals surface area contributed by atoms with Gasteiger partial charge in [0.25, 0.3) is 0 Å². The van der Waals surface area contributed by atoms with E-state index in [-0.39, 0.29) is 17.5 Å². The lowest BCUT2D eigenvalue weighted by Gasteiger charge is -2.49. The van der Waals surface area contributed by atoms with Crippen LogP contribution in [0.3, 0.4) is 0 Å². The predicted octanol–water partition coefficient (Wildman–Crippen LogP) is 4.18. The third-order valence-electron chi connectivity index (χ3n) is 5.85. The SMILES string of the molecule is C[C@@H]1CC[C@@H]2[C@@H](C1)C1=C(OC2(C)C)C(=O)c2ccccc2C1=O. The zero-order valence-electron chi connectivity index (χ0n) is 13.9. The second kappa shape index (κ2) is 4.80. The molecule has 1 aromatic rings. The van der Waals surface area contributed by atoms with Crippen molar-refractivity contribution in [2.45, 2.75) is 45.6 Å². The van der Waals surface area contributed by atoms with E-state index < -0.39 is 5.60 Å². The van der Waals surface area contributed by atoms with E-state index in [9.17, 15) is 9.59 Å². The van der Waals surface area contributed by atoms with Crippen molar-refractivity contribution >= 4 is 11.6 Å². The Bertz CT molecular complexity index is 741. The molecule has 0 radical (unpaired) electrons. The highest BCUT2D eigenvalue weighted by Crippen LogP contribution is 2.51. The zero-order valence-corrected chi connectivity index (χ0v) is 13.9. The van der Waals surface area contributed by atoms with Crippen LogP contribution in [0.15, 0.2) is 35.6 Å². The molecule has 4 rings (SSSR count). The maximum absolute atomic E-state index is 13.1. The van der Waals surface area contributed by atoms with E-state index in [0.29, 0.717) is 34.3 Å². The number of rotatable bonds is 0. The van der Waals surface area contributed by atoms with Gasteiger partial charge >= 0.3 is 0 Å². The molecule has 120 valence electrons. The number of allylic oxidation sites excluding steroid dienone is 2. The molecule has 2 aliphatic carbocycles. The zero-order chi connectivity index (χ0) is 16.4. The molecule has 3 heteroatoms. The molecule has 1 aliphatic heterocycles. The molecule has 0 N–H and O–H groups in total. The molecular weight excluding hydrogens is 288 g/mol. The van der Waals surface area contributed by atoms with E-state index in [1.807, 2.05) is 6.07 Å². The highest BCUT2D eigenvalue weighted by atomic mass is 16.5. The van der Waals surface area contributed by atoms with Crippen molar-refractivity contribution in [3.05, 3.63) is 46.7 Å². The van der Waals surface area contributed by atoms with E-state index in [4.69, 9.17) is 4.74 Å². The van der Waals surface area contributed by atoms with Gasteiger partial charge in [-0.15, -0.1) is 0 Å². The molecule has 0 bridgehead atoms. The summed E-state index contributed by atoms with van der Waals surface area (Å²) in [5, 5.41) is 0. The molecule has 1 heterocycles. The highest BCUT2D eigenvalue weighted by Gasteiger charge is 2.51. The summed E-state index contributed by atoms with van der Waals surface area (Å²) < 4.78 is 6.13. The van der Waals surface area contributed by atoms with Crippen LogP contribution in [0.1, 0.15) is 60.7 Å². The summed E-state index contributed by atoms with van der Waals surface area (Å²) in [5.74, 6) is 1.21. The normalized spacial score (nSPS) is 31.9. The van der Waals surface area contributed by atoms with E-state index in [1.54, 1.807) is 18.2 Å². The second-order valence-corrected chi connectivity index (χ2v) is 7.78. The van der Waals surface area contributed by atoms with Crippen LogP contribution < -0.4 is 0 Å². The Morgan fingerprint density at radius 1 is 1.04 bits per heavy atom. The highest BCUT2D eigenvalue weighted by molar-refractivity contribution is 6.26.